The number of anilines is 1. The highest BCUT2D eigenvalue weighted by atomic mass is 16.3. The Bertz CT molecular complexity index is 735. The molecule has 4 nitrogen and oxygen atoms in total. The SMILES string of the molecule is CC(C)(C)c1ccc(O)c(C(=O)Nc2ccc(C#N)cc2)c1. The smallest absolute Gasteiger partial charge is 0.259 e. The predicted molar refractivity (Wildman–Crippen MR) is 85.9 cm³/mol. The van der Waals surface area contributed by atoms with Crippen LogP contribution >= 0.6 is 0 Å². The van der Waals surface area contributed by atoms with Crippen LogP contribution < -0.4 is 5.32 Å². The van der Waals surface area contributed by atoms with Gasteiger partial charge >= 0.3 is 0 Å². The van der Waals surface area contributed by atoms with Crippen LogP contribution in [0.3, 0.4) is 0 Å². The quantitative estimate of drug-likeness (QED) is 0.884. The first-order valence-electron chi connectivity index (χ1n) is 6.96. The number of carbonyl (C=O) groups is 1. The van der Waals surface area contributed by atoms with Crippen LogP contribution in [0.5, 0.6) is 5.75 Å². The molecule has 0 heterocycles. The van der Waals surface area contributed by atoms with Gasteiger partial charge in [-0.2, -0.15) is 5.26 Å². The van der Waals surface area contributed by atoms with Crippen LogP contribution in [0, 0.1) is 11.3 Å². The predicted octanol–water partition coefficient (Wildman–Crippen LogP) is 3.81. The van der Waals surface area contributed by atoms with Gasteiger partial charge in [-0.3, -0.25) is 4.79 Å². The summed E-state index contributed by atoms with van der Waals surface area (Å²) in [5, 5.41) is 21.4. The number of nitriles is 1. The van der Waals surface area contributed by atoms with Gasteiger partial charge in [0.25, 0.3) is 5.91 Å². The molecule has 0 aliphatic rings. The summed E-state index contributed by atoms with van der Waals surface area (Å²) in [7, 11) is 0. The van der Waals surface area contributed by atoms with Crippen molar-refractivity contribution in [2.24, 2.45) is 0 Å². The van der Waals surface area contributed by atoms with E-state index in [2.05, 4.69) is 5.32 Å². The van der Waals surface area contributed by atoms with Gasteiger partial charge < -0.3 is 10.4 Å². The topological polar surface area (TPSA) is 73.1 Å². The third kappa shape index (κ3) is 3.44. The summed E-state index contributed by atoms with van der Waals surface area (Å²) < 4.78 is 0. The lowest BCUT2D eigenvalue weighted by Gasteiger charge is -2.20. The van der Waals surface area contributed by atoms with Crippen molar-refractivity contribution in [2.45, 2.75) is 26.2 Å². The van der Waals surface area contributed by atoms with Crippen molar-refractivity contribution in [1.82, 2.24) is 0 Å². The maximum absolute atomic E-state index is 12.3. The number of benzene rings is 2. The second kappa shape index (κ2) is 5.90. The van der Waals surface area contributed by atoms with Crippen LogP contribution in [0.1, 0.15) is 42.3 Å². The normalized spacial score (nSPS) is 10.8. The Morgan fingerprint density at radius 3 is 2.32 bits per heavy atom. The zero-order valence-corrected chi connectivity index (χ0v) is 12.8. The number of amides is 1. The first-order chi connectivity index (χ1) is 10.3. The van der Waals surface area contributed by atoms with Crippen LogP contribution in [-0.4, -0.2) is 11.0 Å². The number of hydrogen-bond donors (Lipinski definition) is 2. The molecule has 0 fully saturated rings. The first kappa shape index (κ1) is 15.6. The Kier molecular flexibility index (Phi) is 4.18. The van der Waals surface area contributed by atoms with Crippen LogP contribution in [0.25, 0.3) is 0 Å². The van der Waals surface area contributed by atoms with Gasteiger partial charge in [0, 0.05) is 5.69 Å². The second-order valence-electron chi connectivity index (χ2n) is 6.13. The summed E-state index contributed by atoms with van der Waals surface area (Å²) >= 11 is 0. The number of nitrogens with zero attached hydrogens (tertiary/aromatic N) is 1. The van der Waals surface area contributed by atoms with Gasteiger partial charge in [0.2, 0.25) is 0 Å². The summed E-state index contributed by atoms with van der Waals surface area (Å²) in [6.45, 7) is 6.13. The number of carbonyl (C=O) groups excluding carboxylic acids is 1. The van der Waals surface area contributed by atoms with Crippen molar-refractivity contribution in [3.05, 3.63) is 59.2 Å². The molecule has 0 aliphatic heterocycles. The van der Waals surface area contributed by atoms with Crippen LogP contribution in [0.4, 0.5) is 5.69 Å². The molecule has 112 valence electrons. The summed E-state index contributed by atoms with van der Waals surface area (Å²) in [6, 6.07) is 13.6. The fraction of sp³-hybridized carbons (Fsp3) is 0.222. The average Bonchev–Trinajstić information content (AvgIpc) is 2.47. The van der Waals surface area contributed by atoms with E-state index in [1.807, 2.05) is 32.9 Å². The number of phenolic OH excluding ortho intramolecular Hbond substituents is 1. The summed E-state index contributed by atoms with van der Waals surface area (Å²) in [6.07, 6.45) is 0. The van der Waals surface area contributed by atoms with E-state index in [-0.39, 0.29) is 22.6 Å². The Labute approximate surface area is 130 Å². The van der Waals surface area contributed by atoms with Crippen molar-refractivity contribution >= 4 is 11.6 Å². The average molecular weight is 294 g/mol. The molecule has 1 amide bonds. The molecule has 0 saturated carbocycles. The van der Waals surface area contributed by atoms with Gasteiger partial charge in [-0.05, 0) is 47.4 Å². The molecule has 2 aromatic rings. The molecular formula is C18H18N2O2. The third-order valence-electron chi connectivity index (χ3n) is 3.38. The van der Waals surface area contributed by atoms with E-state index in [4.69, 9.17) is 5.26 Å². The van der Waals surface area contributed by atoms with Crippen molar-refractivity contribution < 1.29 is 9.90 Å². The highest BCUT2D eigenvalue weighted by Gasteiger charge is 2.18. The van der Waals surface area contributed by atoms with Gasteiger partial charge in [-0.25, -0.2) is 0 Å². The van der Waals surface area contributed by atoms with Gasteiger partial charge in [0.1, 0.15) is 5.75 Å². The first-order valence-corrected chi connectivity index (χ1v) is 6.96. The molecule has 2 aromatic carbocycles. The van der Waals surface area contributed by atoms with E-state index in [1.54, 1.807) is 30.3 Å². The summed E-state index contributed by atoms with van der Waals surface area (Å²) in [4.78, 5) is 12.3. The zero-order valence-electron chi connectivity index (χ0n) is 12.8. The zero-order chi connectivity index (χ0) is 16.3. The molecule has 0 bridgehead atoms. The lowest BCUT2D eigenvalue weighted by atomic mass is 9.86. The number of nitrogens with one attached hydrogen (secondary N) is 1. The maximum Gasteiger partial charge on any atom is 0.259 e. The van der Waals surface area contributed by atoms with Crippen molar-refractivity contribution in [2.75, 3.05) is 5.32 Å². The van der Waals surface area contributed by atoms with Gasteiger partial charge in [0.05, 0.1) is 17.2 Å². The highest BCUT2D eigenvalue weighted by molar-refractivity contribution is 6.06. The van der Waals surface area contributed by atoms with Crippen molar-refractivity contribution in [1.29, 1.82) is 5.26 Å². The lowest BCUT2D eigenvalue weighted by molar-refractivity contribution is 0.102. The Morgan fingerprint density at radius 1 is 1.14 bits per heavy atom. The summed E-state index contributed by atoms with van der Waals surface area (Å²) in [5.41, 5.74) is 2.18. The maximum atomic E-state index is 12.3. The van der Waals surface area contributed by atoms with Crippen LogP contribution in [0.15, 0.2) is 42.5 Å². The minimum absolute atomic E-state index is 0.0563. The molecule has 0 atom stereocenters. The van der Waals surface area contributed by atoms with Gasteiger partial charge in [0.15, 0.2) is 0 Å². The standard InChI is InChI=1S/C18H18N2O2/c1-18(2,3)13-6-9-16(21)15(10-13)17(22)20-14-7-4-12(11-19)5-8-14/h4-10,21H,1-3H3,(H,20,22). The second-order valence-corrected chi connectivity index (χ2v) is 6.13. The summed E-state index contributed by atoms with van der Waals surface area (Å²) in [5.74, 6) is -0.438. The molecule has 2 rings (SSSR count). The van der Waals surface area contributed by atoms with E-state index in [1.165, 1.54) is 6.07 Å². The number of rotatable bonds is 2. The van der Waals surface area contributed by atoms with E-state index in [0.717, 1.165) is 5.56 Å². The largest absolute Gasteiger partial charge is 0.507 e. The molecule has 0 spiro atoms. The van der Waals surface area contributed by atoms with Gasteiger partial charge in [-0.15, -0.1) is 0 Å². The minimum Gasteiger partial charge on any atom is -0.507 e. The van der Waals surface area contributed by atoms with Crippen LogP contribution in [0.2, 0.25) is 0 Å². The molecule has 0 unspecified atom stereocenters. The van der Waals surface area contributed by atoms with Crippen LogP contribution in [-0.2, 0) is 5.41 Å². The van der Waals surface area contributed by atoms with Crippen molar-refractivity contribution in [3.63, 3.8) is 0 Å². The fourth-order valence-electron chi connectivity index (χ4n) is 2.01. The monoisotopic (exact) mass is 294 g/mol. The lowest BCUT2D eigenvalue weighted by Crippen LogP contribution is -2.16. The Morgan fingerprint density at radius 2 is 1.77 bits per heavy atom. The highest BCUT2D eigenvalue weighted by Crippen LogP contribution is 2.28. The van der Waals surface area contributed by atoms with Crippen molar-refractivity contribution in [3.8, 4) is 11.8 Å². The molecule has 0 radical (unpaired) electrons. The molecule has 4 heteroatoms. The molecule has 2 N–H and O–H groups in total. The molecule has 0 aliphatic carbocycles. The fourth-order valence-corrected chi connectivity index (χ4v) is 2.01. The number of aromatic hydroxyl groups is 1. The molecule has 0 aromatic heterocycles. The molecule has 22 heavy (non-hydrogen) atoms. The number of hydrogen-bond acceptors (Lipinski definition) is 3. The van der Waals surface area contributed by atoms with Gasteiger partial charge in [-0.1, -0.05) is 26.8 Å². The molecule has 0 saturated heterocycles. The Hall–Kier alpha value is -2.80. The Balaban J connectivity index is 2.27. The van der Waals surface area contributed by atoms with E-state index in [0.29, 0.717) is 11.3 Å². The van der Waals surface area contributed by atoms with E-state index < -0.39 is 0 Å². The van der Waals surface area contributed by atoms with E-state index in [9.17, 15) is 9.90 Å². The number of phenols is 1. The van der Waals surface area contributed by atoms with E-state index >= 15 is 0 Å². The minimum atomic E-state index is -0.381. The molecular weight excluding hydrogens is 276 g/mol. The third-order valence-corrected chi connectivity index (χ3v) is 3.38.